The molecule has 1 aliphatic rings. The molecule has 0 saturated heterocycles. The number of hydrogen-bond acceptors (Lipinski definition) is 6. The van der Waals surface area contributed by atoms with Crippen molar-refractivity contribution in [1.29, 1.82) is 0 Å². The summed E-state index contributed by atoms with van der Waals surface area (Å²) in [6.45, 7) is 0. The minimum Gasteiger partial charge on any atom is -0.493 e. The number of nitrogens with two attached hydrogens (primary N) is 1. The molecular formula is C13H17NO6S. The highest BCUT2D eigenvalue weighted by Crippen LogP contribution is 2.35. The summed E-state index contributed by atoms with van der Waals surface area (Å²) in [5.74, 6) is -0.546. The number of esters is 1. The molecule has 0 atom stereocenters. The van der Waals surface area contributed by atoms with E-state index in [0.29, 0.717) is 0 Å². The zero-order chi connectivity index (χ0) is 15.6. The Morgan fingerprint density at radius 2 is 1.90 bits per heavy atom. The molecule has 1 fully saturated rings. The van der Waals surface area contributed by atoms with E-state index in [4.69, 9.17) is 19.3 Å². The molecule has 0 aromatic heterocycles. The van der Waals surface area contributed by atoms with Gasteiger partial charge in [0, 0.05) is 0 Å². The van der Waals surface area contributed by atoms with Crippen molar-refractivity contribution in [2.24, 2.45) is 5.14 Å². The summed E-state index contributed by atoms with van der Waals surface area (Å²) in [5, 5.41) is 5.15. The van der Waals surface area contributed by atoms with Crippen molar-refractivity contribution in [3.63, 3.8) is 0 Å². The Balaban J connectivity index is 2.44. The van der Waals surface area contributed by atoms with Gasteiger partial charge >= 0.3 is 5.97 Å². The molecule has 116 valence electrons. The first-order valence-corrected chi connectivity index (χ1v) is 7.91. The molecule has 0 aliphatic heterocycles. The van der Waals surface area contributed by atoms with E-state index in [1.54, 1.807) is 0 Å². The van der Waals surface area contributed by atoms with Crippen molar-refractivity contribution in [2.45, 2.75) is 30.3 Å². The Hall–Kier alpha value is -1.80. The van der Waals surface area contributed by atoms with Crippen LogP contribution in [0.3, 0.4) is 0 Å². The van der Waals surface area contributed by atoms with Crippen LogP contribution < -0.4 is 14.6 Å². The lowest BCUT2D eigenvalue weighted by Gasteiger charge is -2.25. The van der Waals surface area contributed by atoms with Crippen LogP contribution >= 0.6 is 0 Å². The van der Waals surface area contributed by atoms with Crippen LogP contribution in [-0.4, -0.2) is 34.7 Å². The maximum atomic E-state index is 12.0. The predicted octanol–water partition coefficient (Wildman–Crippen LogP) is 1.06. The summed E-state index contributed by atoms with van der Waals surface area (Å²) in [7, 11) is -1.44. The molecule has 1 saturated carbocycles. The van der Waals surface area contributed by atoms with Gasteiger partial charge in [0.1, 0.15) is 11.0 Å². The van der Waals surface area contributed by atoms with Crippen LogP contribution in [0.25, 0.3) is 0 Å². The van der Waals surface area contributed by atoms with Crippen molar-refractivity contribution in [3.05, 3.63) is 17.7 Å². The fourth-order valence-corrected chi connectivity index (χ4v) is 2.70. The summed E-state index contributed by atoms with van der Waals surface area (Å²) in [6, 6.07) is 2.51. The minimum atomic E-state index is -4.07. The van der Waals surface area contributed by atoms with E-state index in [1.165, 1.54) is 20.3 Å². The van der Waals surface area contributed by atoms with Crippen molar-refractivity contribution in [2.75, 3.05) is 14.2 Å². The van der Waals surface area contributed by atoms with Gasteiger partial charge in [0.25, 0.3) is 0 Å². The van der Waals surface area contributed by atoms with Gasteiger partial charge in [-0.3, -0.25) is 0 Å². The largest absolute Gasteiger partial charge is 0.493 e. The first-order chi connectivity index (χ1) is 9.86. The summed E-state index contributed by atoms with van der Waals surface area (Å²) >= 11 is 0. The molecule has 0 spiro atoms. The van der Waals surface area contributed by atoms with Crippen molar-refractivity contribution in [1.82, 2.24) is 0 Å². The number of ether oxygens (including phenoxy) is 3. The molecule has 0 amide bonds. The maximum absolute atomic E-state index is 12.0. The van der Waals surface area contributed by atoms with Gasteiger partial charge in [0.2, 0.25) is 10.0 Å². The first kappa shape index (κ1) is 15.6. The zero-order valence-electron chi connectivity index (χ0n) is 11.8. The van der Waals surface area contributed by atoms with E-state index in [9.17, 15) is 13.2 Å². The molecule has 0 bridgehead atoms. The Morgan fingerprint density at radius 1 is 1.24 bits per heavy atom. The molecule has 0 unspecified atom stereocenters. The van der Waals surface area contributed by atoms with Crippen molar-refractivity contribution in [3.8, 4) is 11.5 Å². The molecule has 2 N–H and O–H groups in total. The molecular weight excluding hydrogens is 298 g/mol. The molecule has 8 heteroatoms. The lowest BCUT2D eigenvalue weighted by molar-refractivity contribution is 0.00894. The van der Waals surface area contributed by atoms with E-state index in [2.05, 4.69) is 0 Å². The number of primary sulfonamides is 1. The minimum absolute atomic E-state index is 0.0415. The fraction of sp³-hybridized carbons (Fsp3) is 0.462. The zero-order valence-corrected chi connectivity index (χ0v) is 12.6. The molecule has 1 aromatic carbocycles. The Kier molecular flexibility index (Phi) is 4.38. The van der Waals surface area contributed by atoms with Gasteiger partial charge in [0.05, 0.1) is 19.8 Å². The molecule has 1 aromatic rings. The summed E-state index contributed by atoms with van der Waals surface area (Å²) in [5.41, 5.74) is 0.0589. The highest BCUT2D eigenvalue weighted by atomic mass is 32.2. The van der Waals surface area contributed by atoms with E-state index in [-0.39, 0.29) is 28.1 Å². The number of methoxy groups -OCH3 is 2. The van der Waals surface area contributed by atoms with Crippen LogP contribution in [0.5, 0.6) is 11.5 Å². The van der Waals surface area contributed by atoms with E-state index >= 15 is 0 Å². The maximum Gasteiger partial charge on any atom is 0.338 e. The average Bonchev–Trinajstić information content (AvgIpc) is 2.39. The number of carbonyl (C=O) groups is 1. The normalized spacial score (nSPS) is 15.2. The lowest BCUT2D eigenvalue weighted by atomic mass is 9.96. The second kappa shape index (κ2) is 5.90. The van der Waals surface area contributed by atoms with Crippen LogP contribution in [0.15, 0.2) is 17.0 Å². The van der Waals surface area contributed by atoms with Gasteiger partial charge in [-0.15, -0.1) is 0 Å². The van der Waals surface area contributed by atoms with Crippen LogP contribution in [0.1, 0.15) is 29.6 Å². The molecule has 1 aliphatic carbocycles. The van der Waals surface area contributed by atoms with Crippen LogP contribution in [0.4, 0.5) is 0 Å². The number of hydrogen-bond donors (Lipinski definition) is 1. The third kappa shape index (κ3) is 3.27. The molecule has 21 heavy (non-hydrogen) atoms. The van der Waals surface area contributed by atoms with Crippen LogP contribution in [0, 0.1) is 0 Å². The van der Waals surface area contributed by atoms with Gasteiger partial charge < -0.3 is 14.2 Å². The lowest BCUT2D eigenvalue weighted by Crippen LogP contribution is -2.25. The summed E-state index contributed by atoms with van der Waals surface area (Å²) in [4.78, 5) is 11.7. The van der Waals surface area contributed by atoms with Crippen molar-refractivity contribution < 1.29 is 27.4 Å². The third-order valence-corrected chi connectivity index (χ3v) is 4.23. The quantitative estimate of drug-likeness (QED) is 0.815. The second-order valence-electron chi connectivity index (χ2n) is 4.71. The smallest absolute Gasteiger partial charge is 0.338 e. The molecule has 2 rings (SSSR count). The second-order valence-corrected chi connectivity index (χ2v) is 6.24. The van der Waals surface area contributed by atoms with E-state index < -0.39 is 16.0 Å². The van der Waals surface area contributed by atoms with Gasteiger partial charge in [-0.25, -0.2) is 18.4 Å². The van der Waals surface area contributed by atoms with Crippen molar-refractivity contribution >= 4 is 16.0 Å². The summed E-state index contributed by atoms with van der Waals surface area (Å²) in [6.07, 6.45) is 2.55. The van der Waals surface area contributed by atoms with Gasteiger partial charge in [-0.1, -0.05) is 0 Å². The Bertz CT molecular complexity index is 651. The number of rotatable bonds is 5. The third-order valence-electron chi connectivity index (χ3n) is 3.31. The SMILES string of the molecule is COc1cc(C(=O)OC2CCC2)cc(S(N)(=O)=O)c1OC. The number of sulfonamides is 1. The van der Waals surface area contributed by atoms with Gasteiger partial charge in [-0.2, -0.15) is 0 Å². The standard InChI is InChI=1S/C13H17NO6S/c1-18-10-6-8(13(15)20-9-4-3-5-9)7-11(12(10)19-2)21(14,16)17/h6-7,9H,3-5H2,1-2H3,(H2,14,16,17). The molecule has 0 radical (unpaired) electrons. The Morgan fingerprint density at radius 3 is 2.33 bits per heavy atom. The topological polar surface area (TPSA) is 105 Å². The number of carbonyl (C=O) groups excluding carboxylic acids is 1. The average molecular weight is 315 g/mol. The van der Waals surface area contributed by atoms with Gasteiger partial charge in [-0.05, 0) is 31.4 Å². The monoisotopic (exact) mass is 315 g/mol. The highest BCUT2D eigenvalue weighted by molar-refractivity contribution is 7.89. The molecule has 7 nitrogen and oxygen atoms in total. The Labute approximate surface area is 123 Å². The van der Waals surface area contributed by atoms with E-state index in [0.717, 1.165) is 25.3 Å². The van der Waals surface area contributed by atoms with Crippen LogP contribution in [-0.2, 0) is 14.8 Å². The highest BCUT2D eigenvalue weighted by Gasteiger charge is 2.26. The first-order valence-electron chi connectivity index (χ1n) is 6.36. The summed E-state index contributed by atoms with van der Waals surface area (Å²) < 4.78 is 38.6. The predicted molar refractivity (Wildman–Crippen MR) is 74.0 cm³/mol. The van der Waals surface area contributed by atoms with E-state index in [1.807, 2.05) is 0 Å². The molecule has 0 heterocycles. The van der Waals surface area contributed by atoms with Crippen LogP contribution in [0.2, 0.25) is 0 Å². The number of benzene rings is 1. The van der Waals surface area contributed by atoms with Gasteiger partial charge in [0.15, 0.2) is 11.5 Å². The fourth-order valence-electron chi connectivity index (χ4n) is 1.97.